The first-order valence-corrected chi connectivity index (χ1v) is 6.68. The summed E-state index contributed by atoms with van der Waals surface area (Å²) in [7, 11) is -3.49. The fraction of sp³-hybridized carbons (Fsp3) is 0.300. The predicted molar refractivity (Wildman–Crippen MR) is 57.0 cm³/mol. The third-order valence-electron chi connectivity index (χ3n) is 2.05. The van der Waals surface area contributed by atoms with Crippen molar-refractivity contribution >= 4 is 15.8 Å². The van der Waals surface area contributed by atoms with Gasteiger partial charge in [0.2, 0.25) is 0 Å². The van der Waals surface area contributed by atoms with Crippen LogP contribution < -0.4 is 0 Å². The Morgan fingerprint density at radius 3 is 2.28 bits per heavy atom. The van der Waals surface area contributed by atoms with E-state index < -0.39 is 38.9 Å². The molecule has 0 radical (unpaired) electrons. The van der Waals surface area contributed by atoms with Gasteiger partial charge in [0.15, 0.2) is 9.84 Å². The fourth-order valence-electron chi connectivity index (χ4n) is 1.40. The summed E-state index contributed by atoms with van der Waals surface area (Å²) in [4.78, 5) is 10.6. The van der Waals surface area contributed by atoms with Gasteiger partial charge in [0, 0.05) is 6.26 Å². The molecule has 0 aliphatic rings. The van der Waals surface area contributed by atoms with E-state index in [1.807, 2.05) is 0 Å². The normalized spacial score (nSPS) is 12.4. The van der Waals surface area contributed by atoms with E-state index in [9.17, 15) is 26.4 Å². The SMILES string of the molecule is CS(=O)(=O)Cc1ccc(C(=O)O)c(C(F)(F)F)c1. The maximum absolute atomic E-state index is 12.6. The third-order valence-corrected chi connectivity index (χ3v) is 2.91. The molecule has 0 saturated carbocycles. The van der Waals surface area contributed by atoms with Crippen LogP contribution in [0.25, 0.3) is 0 Å². The van der Waals surface area contributed by atoms with Gasteiger partial charge in [0.25, 0.3) is 0 Å². The second kappa shape index (κ2) is 4.60. The van der Waals surface area contributed by atoms with E-state index in [0.29, 0.717) is 6.07 Å². The highest BCUT2D eigenvalue weighted by atomic mass is 32.2. The minimum absolute atomic E-state index is 0.102. The van der Waals surface area contributed by atoms with E-state index in [2.05, 4.69) is 0 Å². The number of sulfone groups is 1. The lowest BCUT2D eigenvalue weighted by atomic mass is 10.0. The number of carbonyl (C=O) groups is 1. The Labute approximate surface area is 101 Å². The minimum atomic E-state index is -4.85. The molecule has 0 fully saturated rings. The van der Waals surface area contributed by atoms with Crippen molar-refractivity contribution in [3.63, 3.8) is 0 Å². The highest BCUT2D eigenvalue weighted by Gasteiger charge is 2.35. The molecular weight excluding hydrogens is 273 g/mol. The van der Waals surface area contributed by atoms with Crippen LogP contribution in [-0.4, -0.2) is 25.7 Å². The van der Waals surface area contributed by atoms with Gasteiger partial charge in [0.1, 0.15) is 0 Å². The molecule has 0 aliphatic heterocycles. The van der Waals surface area contributed by atoms with E-state index in [1.54, 1.807) is 0 Å². The number of rotatable bonds is 3. The molecule has 0 aromatic heterocycles. The van der Waals surface area contributed by atoms with Gasteiger partial charge in [-0.2, -0.15) is 13.2 Å². The largest absolute Gasteiger partial charge is 0.478 e. The van der Waals surface area contributed by atoms with Crippen molar-refractivity contribution in [2.75, 3.05) is 6.26 Å². The minimum Gasteiger partial charge on any atom is -0.478 e. The first kappa shape index (κ1) is 14.5. The lowest BCUT2D eigenvalue weighted by Gasteiger charge is -2.11. The Kier molecular flexibility index (Phi) is 3.70. The van der Waals surface area contributed by atoms with Crippen LogP contribution in [0.5, 0.6) is 0 Å². The maximum atomic E-state index is 12.6. The first-order chi connectivity index (χ1) is 8.00. The van der Waals surface area contributed by atoms with Crippen LogP contribution in [0, 0.1) is 0 Å². The van der Waals surface area contributed by atoms with Crippen LogP contribution in [0.4, 0.5) is 13.2 Å². The zero-order valence-electron chi connectivity index (χ0n) is 9.15. The summed E-state index contributed by atoms with van der Waals surface area (Å²) < 4.78 is 59.8. The Balaban J connectivity index is 3.35. The summed E-state index contributed by atoms with van der Waals surface area (Å²) in [5.74, 6) is -2.29. The first-order valence-electron chi connectivity index (χ1n) is 4.62. The zero-order valence-corrected chi connectivity index (χ0v) is 9.97. The van der Waals surface area contributed by atoms with Crippen LogP contribution in [0.3, 0.4) is 0 Å². The summed E-state index contributed by atoms with van der Waals surface area (Å²) in [6, 6.07) is 2.36. The van der Waals surface area contributed by atoms with Crippen molar-refractivity contribution in [1.29, 1.82) is 0 Å². The van der Waals surface area contributed by atoms with Crippen molar-refractivity contribution in [3.8, 4) is 0 Å². The average Bonchev–Trinajstić information content (AvgIpc) is 2.13. The summed E-state index contributed by atoms with van der Waals surface area (Å²) in [5.41, 5.74) is -2.36. The monoisotopic (exact) mass is 282 g/mol. The molecule has 0 saturated heterocycles. The van der Waals surface area contributed by atoms with Crippen molar-refractivity contribution in [3.05, 3.63) is 34.9 Å². The van der Waals surface area contributed by atoms with E-state index in [1.165, 1.54) is 0 Å². The van der Waals surface area contributed by atoms with Crippen molar-refractivity contribution in [2.24, 2.45) is 0 Å². The Morgan fingerprint density at radius 1 is 1.33 bits per heavy atom. The number of hydrogen-bond acceptors (Lipinski definition) is 3. The molecule has 1 N–H and O–H groups in total. The number of aromatic carboxylic acids is 1. The highest BCUT2D eigenvalue weighted by molar-refractivity contribution is 7.89. The van der Waals surface area contributed by atoms with Crippen LogP contribution in [0.15, 0.2) is 18.2 Å². The molecular formula is C10H9F3O4S. The van der Waals surface area contributed by atoms with Gasteiger partial charge in [-0.3, -0.25) is 0 Å². The molecule has 100 valence electrons. The number of halogens is 3. The molecule has 0 atom stereocenters. The van der Waals surface area contributed by atoms with Crippen LogP contribution in [0.2, 0.25) is 0 Å². The fourth-order valence-corrected chi connectivity index (χ4v) is 2.19. The summed E-state index contributed by atoms with van der Waals surface area (Å²) in [6.07, 6.45) is -3.97. The van der Waals surface area contributed by atoms with Crippen molar-refractivity contribution in [1.82, 2.24) is 0 Å². The molecule has 1 aromatic rings. The molecule has 1 rings (SSSR count). The van der Waals surface area contributed by atoms with Crippen LogP contribution in [0.1, 0.15) is 21.5 Å². The predicted octanol–water partition coefficient (Wildman–Crippen LogP) is 1.95. The standard InChI is InChI=1S/C10H9F3O4S/c1-18(16,17)5-6-2-3-7(9(14)15)8(4-6)10(11,12)13/h2-4H,5H2,1H3,(H,14,15). The van der Waals surface area contributed by atoms with Gasteiger partial charge in [0.05, 0.1) is 16.9 Å². The lowest BCUT2D eigenvalue weighted by Crippen LogP contribution is -2.14. The molecule has 0 heterocycles. The van der Waals surface area contributed by atoms with Crippen molar-refractivity contribution < 1.29 is 31.5 Å². The molecule has 1 aromatic carbocycles. The van der Waals surface area contributed by atoms with Gasteiger partial charge < -0.3 is 5.11 Å². The van der Waals surface area contributed by atoms with E-state index in [-0.39, 0.29) is 5.56 Å². The van der Waals surface area contributed by atoms with Gasteiger partial charge in [-0.1, -0.05) is 6.07 Å². The molecule has 0 spiro atoms. The number of alkyl halides is 3. The number of carboxylic acids is 1. The van der Waals surface area contributed by atoms with Gasteiger partial charge in [-0.15, -0.1) is 0 Å². The molecule has 8 heteroatoms. The smallest absolute Gasteiger partial charge is 0.417 e. The summed E-state index contributed by atoms with van der Waals surface area (Å²) in [5, 5.41) is 8.63. The Hall–Kier alpha value is -1.57. The molecule has 4 nitrogen and oxygen atoms in total. The zero-order chi connectivity index (χ0) is 14.1. The molecule has 0 aliphatic carbocycles. The second-order valence-corrected chi connectivity index (χ2v) is 5.89. The van der Waals surface area contributed by atoms with E-state index >= 15 is 0 Å². The van der Waals surface area contributed by atoms with E-state index in [0.717, 1.165) is 18.4 Å². The summed E-state index contributed by atoms with van der Waals surface area (Å²) in [6.45, 7) is 0. The molecule has 0 unspecified atom stereocenters. The Morgan fingerprint density at radius 2 is 1.89 bits per heavy atom. The highest BCUT2D eigenvalue weighted by Crippen LogP contribution is 2.33. The second-order valence-electron chi connectivity index (χ2n) is 3.75. The maximum Gasteiger partial charge on any atom is 0.417 e. The van der Waals surface area contributed by atoms with Crippen LogP contribution >= 0.6 is 0 Å². The summed E-state index contributed by atoms with van der Waals surface area (Å²) >= 11 is 0. The molecule has 0 bridgehead atoms. The average molecular weight is 282 g/mol. The van der Waals surface area contributed by atoms with Crippen LogP contribution in [-0.2, 0) is 21.8 Å². The lowest BCUT2D eigenvalue weighted by molar-refractivity contribution is -0.138. The number of benzene rings is 1. The third kappa shape index (κ3) is 3.73. The van der Waals surface area contributed by atoms with Gasteiger partial charge in [-0.25, -0.2) is 13.2 Å². The molecule has 0 amide bonds. The van der Waals surface area contributed by atoms with E-state index in [4.69, 9.17) is 5.11 Å². The number of hydrogen-bond donors (Lipinski definition) is 1. The topological polar surface area (TPSA) is 71.4 Å². The quantitative estimate of drug-likeness (QED) is 0.919. The van der Waals surface area contributed by atoms with Crippen molar-refractivity contribution in [2.45, 2.75) is 11.9 Å². The van der Waals surface area contributed by atoms with Gasteiger partial charge in [-0.05, 0) is 17.7 Å². The van der Waals surface area contributed by atoms with Gasteiger partial charge >= 0.3 is 12.1 Å². The number of carboxylic acid groups (broad SMARTS) is 1. The Bertz CT molecular complexity index is 575. The molecule has 18 heavy (non-hydrogen) atoms.